The summed E-state index contributed by atoms with van der Waals surface area (Å²) < 4.78 is 5.32. The molecular weight excluding hydrogens is 538 g/mol. The molecule has 10 heteroatoms. The van der Waals surface area contributed by atoms with Crippen molar-refractivity contribution in [3.8, 4) is 11.3 Å². The van der Waals surface area contributed by atoms with Gasteiger partial charge in [0.05, 0.1) is 38.5 Å². The Morgan fingerprint density at radius 2 is 1.48 bits per heavy atom. The maximum absolute atomic E-state index is 13.2. The van der Waals surface area contributed by atoms with Crippen LogP contribution < -0.4 is 4.90 Å². The van der Waals surface area contributed by atoms with Gasteiger partial charge in [-0.2, -0.15) is 0 Å². The molecular formula is C32H19N3O7. The molecule has 2 amide bonds. The highest BCUT2D eigenvalue weighted by atomic mass is 16.6. The summed E-state index contributed by atoms with van der Waals surface area (Å²) in [7, 11) is 0. The van der Waals surface area contributed by atoms with E-state index >= 15 is 0 Å². The zero-order chi connectivity index (χ0) is 29.4. The quantitative estimate of drug-likeness (QED) is 0.0823. The Labute approximate surface area is 237 Å². The number of amides is 2. The smallest absolute Gasteiger partial charge is 0.339 e. The molecule has 2 heterocycles. The fourth-order valence-corrected chi connectivity index (χ4v) is 4.78. The zero-order valence-corrected chi connectivity index (χ0v) is 21.7. The summed E-state index contributed by atoms with van der Waals surface area (Å²) in [6.45, 7) is -0.610. The van der Waals surface area contributed by atoms with Crippen molar-refractivity contribution in [2.24, 2.45) is 0 Å². The van der Waals surface area contributed by atoms with Crippen LogP contribution in [0.15, 0.2) is 103 Å². The van der Waals surface area contributed by atoms with Gasteiger partial charge < -0.3 is 4.74 Å². The predicted octanol–water partition coefficient (Wildman–Crippen LogP) is 5.65. The minimum Gasteiger partial charge on any atom is -0.454 e. The summed E-state index contributed by atoms with van der Waals surface area (Å²) in [6, 6.07) is 26.9. The lowest BCUT2D eigenvalue weighted by Crippen LogP contribution is -2.29. The third-order valence-electron chi connectivity index (χ3n) is 6.86. The molecule has 1 aliphatic rings. The van der Waals surface area contributed by atoms with Gasteiger partial charge in [-0.15, -0.1) is 0 Å². The first-order valence-electron chi connectivity index (χ1n) is 12.7. The Bertz CT molecular complexity index is 1920. The van der Waals surface area contributed by atoms with Gasteiger partial charge in [-0.05, 0) is 36.4 Å². The summed E-state index contributed by atoms with van der Waals surface area (Å²) in [4.78, 5) is 67.7. The number of nitrogens with zero attached hydrogens (tertiary/aromatic N) is 3. The number of imide groups is 1. The number of ether oxygens (including phenoxy) is 1. The maximum Gasteiger partial charge on any atom is 0.339 e. The van der Waals surface area contributed by atoms with Gasteiger partial charge in [-0.3, -0.25) is 24.5 Å². The monoisotopic (exact) mass is 557 g/mol. The highest BCUT2D eigenvalue weighted by molar-refractivity contribution is 6.34. The van der Waals surface area contributed by atoms with Crippen LogP contribution in [-0.4, -0.2) is 40.1 Å². The van der Waals surface area contributed by atoms with E-state index in [9.17, 15) is 29.3 Å². The number of fused-ring (bicyclic) bond motifs is 2. The van der Waals surface area contributed by atoms with Crippen molar-refractivity contribution in [2.45, 2.75) is 0 Å². The Morgan fingerprint density at radius 3 is 2.17 bits per heavy atom. The highest BCUT2D eigenvalue weighted by Gasteiger charge is 2.36. The lowest BCUT2D eigenvalue weighted by molar-refractivity contribution is -0.384. The second-order valence-corrected chi connectivity index (χ2v) is 9.42. The molecule has 0 atom stereocenters. The normalized spacial score (nSPS) is 12.3. The van der Waals surface area contributed by atoms with Gasteiger partial charge in [0.15, 0.2) is 6.61 Å². The number of para-hydroxylation sites is 1. The maximum atomic E-state index is 13.2. The molecule has 0 radical (unpaired) electrons. The van der Waals surface area contributed by atoms with Gasteiger partial charge in [-0.25, -0.2) is 14.7 Å². The molecule has 0 aliphatic carbocycles. The number of nitro groups is 1. The number of rotatable bonds is 7. The summed E-state index contributed by atoms with van der Waals surface area (Å²) >= 11 is 0. The van der Waals surface area contributed by atoms with E-state index in [0.717, 1.165) is 11.0 Å². The van der Waals surface area contributed by atoms with Crippen LogP contribution in [0.4, 0.5) is 11.4 Å². The fraction of sp³-hybridized carbons (Fsp3) is 0.0312. The third-order valence-corrected chi connectivity index (χ3v) is 6.86. The topological polar surface area (TPSA) is 137 Å². The summed E-state index contributed by atoms with van der Waals surface area (Å²) in [5.74, 6) is -2.17. The molecule has 0 unspecified atom stereocenters. The van der Waals surface area contributed by atoms with Gasteiger partial charge in [0, 0.05) is 28.6 Å². The number of carbonyl (C=O) groups excluding carboxylic acids is 4. The molecule has 0 saturated heterocycles. The van der Waals surface area contributed by atoms with Crippen LogP contribution in [0, 0.1) is 10.1 Å². The fourth-order valence-electron chi connectivity index (χ4n) is 4.78. The molecule has 0 saturated carbocycles. The third kappa shape index (κ3) is 4.66. The second-order valence-electron chi connectivity index (χ2n) is 9.42. The number of pyridine rings is 1. The number of hydrogen-bond acceptors (Lipinski definition) is 8. The average Bonchev–Trinajstić information content (AvgIpc) is 3.28. The Morgan fingerprint density at radius 1 is 0.810 bits per heavy atom. The number of anilines is 1. The predicted molar refractivity (Wildman–Crippen MR) is 152 cm³/mol. The average molecular weight is 558 g/mol. The first-order chi connectivity index (χ1) is 20.3. The molecule has 0 bridgehead atoms. The van der Waals surface area contributed by atoms with E-state index in [1.807, 2.05) is 0 Å². The Hall–Kier alpha value is -6.03. The number of nitro benzene ring substituents is 1. The van der Waals surface area contributed by atoms with Crippen molar-refractivity contribution in [1.82, 2.24) is 4.98 Å². The number of benzene rings is 4. The van der Waals surface area contributed by atoms with Crippen LogP contribution in [0.2, 0.25) is 0 Å². The molecule has 0 spiro atoms. The van der Waals surface area contributed by atoms with Crippen LogP contribution in [-0.2, 0) is 4.74 Å². The molecule has 204 valence electrons. The van der Waals surface area contributed by atoms with E-state index < -0.39 is 35.1 Å². The minimum atomic E-state index is -0.767. The van der Waals surface area contributed by atoms with Gasteiger partial charge >= 0.3 is 5.97 Å². The standard InChI is InChI=1S/C32H19N3O7/c36-29(20-6-5-7-22(16-20)35(40)41)18-42-32(39)26-17-28(33-27-11-4-3-8-23(26)27)19-12-14-21(15-13-19)34-30(37)24-9-1-2-10-25(24)31(34)38/h1-17H,18H2. The van der Waals surface area contributed by atoms with Crippen molar-refractivity contribution in [3.63, 3.8) is 0 Å². The van der Waals surface area contributed by atoms with Crippen LogP contribution >= 0.6 is 0 Å². The number of carbonyl (C=O) groups is 4. The largest absolute Gasteiger partial charge is 0.454 e. The number of ketones is 1. The molecule has 6 rings (SSSR count). The van der Waals surface area contributed by atoms with Gasteiger partial charge in [0.2, 0.25) is 5.78 Å². The summed E-state index contributed by atoms with van der Waals surface area (Å²) in [6.07, 6.45) is 0. The summed E-state index contributed by atoms with van der Waals surface area (Å²) in [5.41, 5.74) is 2.61. The van der Waals surface area contributed by atoms with Crippen molar-refractivity contribution in [2.75, 3.05) is 11.5 Å². The SMILES string of the molecule is O=C(COC(=O)c1cc(-c2ccc(N3C(=O)c4ccccc4C3=O)cc2)nc2ccccc12)c1cccc([N+](=O)[O-])c1. The van der Waals surface area contributed by atoms with Crippen LogP contribution in [0.25, 0.3) is 22.2 Å². The molecule has 4 aromatic carbocycles. The molecule has 5 aromatic rings. The second kappa shape index (κ2) is 10.5. The van der Waals surface area contributed by atoms with Crippen molar-refractivity contribution in [1.29, 1.82) is 0 Å². The van der Waals surface area contributed by atoms with Crippen molar-refractivity contribution in [3.05, 3.63) is 135 Å². The highest BCUT2D eigenvalue weighted by Crippen LogP contribution is 2.31. The van der Waals surface area contributed by atoms with Gasteiger partial charge in [-0.1, -0.05) is 54.6 Å². The van der Waals surface area contributed by atoms with E-state index in [1.165, 1.54) is 18.2 Å². The summed E-state index contributed by atoms with van der Waals surface area (Å²) in [5, 5.41) is 11.5. The molecule has 42 heavy (non-hydrogen) atoms. The molecule has 0 N–H and O–H groups in total. The molecule has 1 aromatic heterocycles. The van der Waals surface area contributed by atoms with E-state index in [4.69, 9.17) is 4.74 Å². The number of hydrogen-bond donors (Lipinski definition) is 0. The first kappa shape index (κ1) is 26.2. The molecule has 0 fully saturated rings. The lowest BCUT2D eigenvalue weighted by Gasteiger charge is -2.15. The molecule has 1 aliphatic heterocycles. The van der Waals surface area contributed by atoms with E-state index in [1.54, 1.807) is 78.9 Å². The van der Waals surface area contributed by atoms with E-state index in [-0.39, 0.29) is 16.8 Å². The van der Waals surface area contributed by atoms with Crippen LogP contribution in [0.1, 0.15) is 41.4 Å². The van der Waals surface area contributed by atoms with E-state index in [2.05, 4.69) is 4.98 Å². The Balaban J connectivity index is 1.26. The number of aromatic nitrogens is 1. The Kier molecular flexibility index (Phi) is 6.56. The first-order valence-corrected chi connectivity index (χ1v) is 12.7. The van der Waals surface area contributed by atoms with E-state index in [0.29, 0.717) is 39.0 Å². The van der Waals surface area contributed by atoms with Crippen molar-refractivity contribution < 1.29 is 28.8 Å². The minimum absolute atomic E-state index is 0.0513. The van der Waals surface area contributed by atoms with Crippen LogP contribution in [0.5, 0.6) is 0 Å². The lowest BCUT2D eigenvalue weighted by atomic mass is 10.0. The zero-order valence-electron chi connectivity index (χ0n) is 21.7. The molecule has 10 nitrogen and oxygen atoms in total. The van der Waals surface area contributed by atoms with Crippen LogP contribution in [0.3, 0.4) is 0 Å². The number of Topliss-reactive ketones (excluding diaryl/α,β-unsaturated/α-hetero) is 1. The van der Waals surface area contributed by atoms with Crippen molar-refractivity contribution >= 4 is 45.8 Å². The number of esters is 1. The van der Waals surface area contributed by atoms with Gasteiger partial charge in [0.1, 0.15) is 0 Å². The van der Waals surface area contributed by atoms with Gasteiger partial charge in [0.25, 0.3) is 17.5 Å². The number of non-ortho nitro benzene ring substituents is 1.